The molecule has 3 rings (SSSR count). The summed E-state index contributed by atoms with van der Waals surface area (Å²) in [5.41, 5.74) is 3.59. The molecule has 7 heteroatoms. The van der Waals surface area contributed by atoms with Crippen LogP contribution in [0.25, 0.3) is 0 Å². The number of rotatable bonds is 6. The molecule has 1 amide bonds. The van der Waals surface area contributed by atoms with Crippen molar-refractivity contribution in [2.45, 2.75) is 26.7 Å². The lowest BCUT2D eigenvalue weighted by Crippen LogP contribution is -2.17. The van der Waals surface area contributed by atoms with Crippen LogP contribution in [0.1, 0.15) is 40.3 Å². The second kappa shape index (κ2) is 7.43. The van der Waals surface area contributed by atoms with Gasteiger partial charge in [0.25, 0.3) is 5.91 Å². The van der Waals surface area contributed by atoms with E-state index in [1.54, 1.807) is 38.1 Å². The van der Waals surface area contributed by atoms with Crippen molar-refractivity contribution < 1.29 is 23.5 Å². The molecule has 1 aromatic heterocycles. The number of carbonyl (C=O) groups is 2. The van der Waals surface area contributed by atoms with Crippen molar-refractivity contribution in [1.82, 2.24) is 5.43 Å². The minimum absolute atomic E-state index is 0.00572. The Labute approximate surface area is 151 Å². The summed E-state index contributed by atoms with van der Waals surface area (Å²) in [4.78, 5) is 23.8. The van der Waals surface area contributed by atoms with Crippen LogP contribution >= 0.6 is 0 Å². The summed E-state index contributed by atoms with van der Waals surface area (Å²) in [7, 11) is 1.50. The SMILES string of the molecule is COc1cc(/C=N\NC(=O)c2cc(C)oc2C)ccc1OC(=O)C1CC1. The molecule has 1 saturated carbocycles. The molecule has 0 bridgehead atoms. The van der Waals surface area contributed by atoms with Crippen LogP contribution in [0.2, 0.25) is 0 Å². The van der Waals surface area contributed by atoms with E-state index in [9.17, 15) is 9.59 Å². The molecule has 1 aliphatic carbocycles. The number of hydrogen-bond donors (Lipinski definition) is 1. The van der Waals surface area contributed by atoms with Crippen molar-refractivity contribution in [1.29, 1.82) is 0 Å². The zero-order chi connectivity index (χ0) is 18.7. The number of hydrogen-bond acceptors (Lipinski definition) is 6. The Bertz CT molecular complexity index is 865. The quantitative estimate of drug-likeness (QED) is 0.372. The largest absolute Gasteiger partial charge is 0.493 e. The van der Waals surface area contributed by atoms with Gasteiger partial charge in [0.05, 0.1) is 24.8 Å². The van der Waals surface area contributed by atoms with Gasteiger partial charge in [-0.2, -0.15) is 5.10 Å². The summed E-state index contributed by atoms with van der Waals surface area (Å²) in [6, 6.07) is 6.71. The first kappa shape index (κ1) is 17.7. The number of hydrazone groups is 1. The first-order chi connectivity index (χ1) is 12.5. The molecule has 0 radical (unpaired) electrons. The average molecular weight is 356 g/mol. The first-order valence-corrected chi connectivity index (χ1v) is 8.28. The van der Waals surface area contributed by atoms with Crippen molar-refractivity contribution in [3.05, 3.63) is 46.9 Å². The fourth-order valence-corrected chi connectivity index (χ4v) is 2.44. The highest BCUT2D eigenvalue weighted by molar-refractivity contribution is 5.96. The molecule has 1 fully saturated rings. The van der Waals surface area contributed by atoms with Gasteiger partial charge in [0.15, 0.2) is 11.5 Å². The van der Waals surface area contributed by atoms with E-state index in [1.165, 1.54) is 13.3 Å². The van der Waals surface area contributed by atoms with E-state index in [0.29, 0.717) is 34.1 Å². The van der Waals surface area contributed by atoms with Crippen molar-refractivity contribution in [2.24, 2.45) is 11.0 Å². The smallest absolute Gasteiger partial charge is 0.314 e. The second-order valence-electron chi connectivity index (χ2n) is 6.13. The number of benzene rings is 1. The monoisotopic (exact) mass is 356 g/mol. The molecule has 26 heavy (non-hydrogen) atoms. The second-order valence-corrected chi connectivity index (χ2v) is 6.13. The number of furan rings is 1. The topological polar surface area (TPSA) is 90.1 Å². The molecule has 7 nitrogen and oxygen atoms in total. The number of amides is 1. The van der Waals surface area contributed by atoms with Crippen LogP contribution < -0.4 is 14.9 Å². The number of nitrogens with zero attached hydrogens (tertiary/aromatic N) is 1. The molecule has 0 atom stereocenters. The van der Waals surface area contributed by atoms with Crippen LogP contribution in [0, 0.1) is 19.8 Å². The molecule has 1 N–H and O–H groups in total. The van der Waals surface area contributed by atoms with Crippen LogP contribution in [0.15, 0.2) is 33.8 Å². The Morgan fingerprint density at radius 1 is 1.23 bits per heavy atom. The summed E-state index contributed by atoms with van der Waals surface area (Å²) in [5.74, 6) is 1.42. The van der Waals surface area contributed by atoms with Gasteiger partial charge in [0.1, 0.15) is 11.5 Å². The van der Waals surface area contributed by atoms with Gasteiger partial charge in [0, 0.05) is 0 Å². The molecule has 1 aliphatic rings. The molecule has 2 aromatic rings. The van der Waals surface area contributed by atoms with Crippen LogP contribution in [0.5, 0.6) is 11.5 Å². The van der Waals surface area contributed by atoms with E-state index in [-0.39, 0.29) is 17.8 Å². The summed E-state index contributed by atoms with van der Waals surface area (Å²) < 4.78 is 15.9. The highest BCUT2D eigenvalue weighted by Crippen LogP contribution is 2.34. The number of esters is 1. The van der Waals surface area contributed by atoms with Gasteiger partial charge in [-0.1, -0.05) is 0 Å². The molecule has 1 heterocycles. The standard InChI is InChI=1S/C19H20N2O5/c1-11-8-15(12(2)25-11)18(22)21-20-10-13-4-7-16(17(9-13)24-3)26-19(23)14-5-6-14/h4,7-10,14H,5-6H2,1-3H3,(H,21,22)/b20-10-. The Morgan fingerprint density at radius 3 is 2.62 bits per heavy atom. The molecule has 0 saturated heterocycles. The van der Waals surface area contributed by atoms with Crippen molar-refractivity contribution in [3.63, 3.8) is 0 Å². The summed E-state index contributed by atoms with van der Waals surface area (Å²) in [5, 5.41) is 3.94. The van der Waals surface area contributed by atoms with E-state index in [2.05, 4.69) is 10.5 Å². The maximum absolute atomic E-state index is 12.1. The van der Waals surface area contributed by atoms with Crippen LogP contribution in [-0.4, -0.2) is 25.2 Å². The minimum atomic E-state index is -0.349. The third-order valence-corrected chi connectivity index (χ3v) is 3.97. The van der Waals surface area contributed by atoms with Gasteiger partial charge in [-0.25, -0.2) is 5.43 Å². The minimum Gasteiger partial charge on any atom is -0.493 e. The summed E-state index contributed by atoms with van der Waals surface area (Å²) in [6.07, 6.45) is 3.23. The zero-order valence-corrected chi connectivity index (χ0v) is 14.9. The number of aryl methyl sites for hydroxylation is 2. The molecule has 0 aliphatic heterocycles. The molecule has 1 aromatic carbocycles. The normalized spacial score (nSPS) is 13.7. The predicted octanol–water partition coefficient (Wildman–Crippen LogP) is 2.98. The van der Waals surface area contributed by atoms with Gasteiger partial charge in [-0.15, -0.1) is 0 Å². The van der Waals surface area contributed by atoms with Gasteiger partial charge in [-0.05, 0) is 56.5 Å². The summed E-state index contributed by atoms with van der Waals surface area (Å²) >= 11 is 0. The van der Waals surface area contributed by atoms with E-state index in [1.807, 2.05) is 0 Å². The average Bonchev–Trinajstić information content (AvgIpc) is 3.40. The Balaban J connectivity index is 1.65. The lowest BCUT2D eigenvalue weighted by molar-refractivity contribution is -0.135. The number of methoxy groups -OCH3 is 1. The van der Waals surface area contributed by atoms with E-state index in [0.717, 1.165) is 12.8 Å². The highest BCUT2D eigenvalue weighted by atomic mass is 16.6. The molecule has 136 valence electrons. The van der Waals surface area contributed by atoms with Gasteiger partial charge >= 0.3 is 5.97 Å². The van der Waals surface area contributed by atoms with Crippen LogP contribution in [0.3, 0.4) is 0 Å². The van der Waals surface area contributed by atoms with Crippen molar-refractivity contribution in [2.75, 3.05) is 7.11 Å². The van der Waals surface area contributed by atoms with Gasteiger partial charge in [-0.3, -0.25) is 9.59 Å². The maximum atomic E-state index is 12.1. The summed E-state index contributed by atoms with van der Waals surface area (Å²) in [6.45, 7) is 3.50. The van der Waals surface area contributed by atoms with Crippen LogP contribution in [-0.2, 0) is 4.79 Å². The van der Waals surface area contributed by atoms with Gasteiger partial charge in [0.2, 0.25) is 0 Å². The lowest BCUT2D eigenvalue weighted by atomic mass is 10.2. The third kappa shape index (κ3) is 4.11. The Kier molecular flexibility index (Phi) is 5.06. The van der Waals surface area contributed by atoms with Crippen LogP contribution in [0.4, 0.5) is 0 Å². The Hall–Kier alpha value is -3.09. The van der Waals surface area contributed by atoms with E-state index >= 15 is 0 Å². The molecular weight excluding hydrogens is 336 g/mol. The fourth-order valence-electron chi connectivity index (χ4n) is 2.44. The lowest BCUT2D eigenvalue weighted by Gasteiger charge is -2.09. The first-order valence-electron chi connectivity index (χ1n) is 8.28. The zero-order valence-electron chi connectivity index (χ0n) is 14.9. The van der Waals surface area contributed by atoms with E-state index in [4.69, 9.17) is 13.9 Å². The third-order valence-electron chi connectivity index (χ3n) is 3.97. The van der Waals surface area contributed by atoms with Crippen molar-refractivity contribution in [3.8, 4) is 11.5 Å². The molecule has 0 spiro atoms. The maximum Gasteiger partial charge on any atom is 0.314 e. The number of nitrogens with one attached hydrogen (secondary N) is 1. The number of ether oxygens (including phenoxy) is 2. The van der Waals surface area contributed by atoms with Crippen molar-refractivity contribution >= 4 is 18.1 Å². The van der Waals surface area contributed by atoms with E-state index < -0.39 is 0 Å². The van der Waals surface area contributed by atoms with Gasteiger partial charge < -0.3 is 13.9 Å². The molecular formula is C19H20N2O5. The predicted molar refractivity (Wildman–Crippen MR) is 94.6 cm³/mol. The molecule has 0 unspecified atom stereocenters. The highest BCUT2D eigenvalue weighted by Gasteiger charge is 2.32. The number of carbonyl (C=O) groups excluding carboxylic acids is 2. The Morgan fingerprint density at radius 2 is 2.00 bits per heavy atom. The fraction of sp³-hybridized carbons (Fsp3) is 0.316.